The van der Waals surface area contributed by atoms with Gasteiger partial charge in [0, 0.05) is 55.7 Å². The van der Waals surface area contributed by atoms with Gasteiger partial charge >= 0.3 is 0 Å². The Morgan fingerprint density at radius 3 is 2.68 bits per heavy atom. The molecule has 0 saturated carbocycles. The Morgan fingerprint density at radius 1 is 1.21 bits per heavy atom. The van der Waals surface area contributed by atoms with Crippen molar-refractivity contribution in [2.75, 3.05) is 18.9 Å². The highest BCUT2D eigenvalue weighted by Crippen LogP contribution is 2.38. The van der Waals surface area contributed by atoms with Crippen molar-refractivity contribution in [3.63, 3.8) is 0 Å². The molecule has 0 radical (unpaired) electrons. The zero-order valence-corrected chi connectivity index (χ0v) is 15.8. The fourth-order valence-electron chi connectivity index (χ4n) is 3.82. The van der Waals surface area contributed by atoms with Crippen molar-refractivity contribution in [2.45, 2.75) is 19.4 Å². The summed E-state index contributed by atoms with van der Waals surface area (Å²) < 4.78 is 28.9. The van der Waals surface area contributed by atoms with E-state index in [0.29, 0.717) is 29.7 Å². The predicted octanol–water partition coefficient (Wildman–Crippen LogP) is 2.58. The number of carbonyl (C=O) groups is 1. The van der Waals surface area contributed by atoms with Crippen LogP contribution in [0.1, 0.15) is 23.7 Å². The van der Waals surface area contributed by atoms with Crippen LogP contribution in [0.25, 0.3) is 10.9 Å². The van der Waals surface area contributed by atoms with Gasteiger partial charge in [-0.15, -0.1) is 0 Å². The molecule has 1 N–H and O–H groups in total. The third-order valence-electron chi connectivity index (χ3n) is 5.49. The maximum absolute atomic E-state index is 13.7. The SMILES string of the molecule is Cc1c([C@H]2[C@H](CNc3ncnc4cc(F)c(F)cc34)CC(=O)N2C)cnn1C. The van der Waals surface area contributed by atoms with Gasteiger partial charge in [-0.25, -0.2) is 18.7 Å². The van der Waals surface area contributed by atoms with E-state index in [1.807, 2.05) is 14.0 Å². The maximum Gasteiger partial charge on any atom is 0.223 e. The van der Waals surface area contributed by atoms with Crippen molar-refractivity contribution in [2.24, 2.45) is 13.0 Å². The zero-order valence-electron chi connectivity index (χ0n) is 15.8. The van der Waals surface area contributed by atoms with Gasteiger partial charge in [-0.2, -0.15) is 5.10 Å². The van der Waals surface area contributed by atoms with E-state index in [1.54, 1.807) is 22.8 Å². The number of amides is 1. The van der Waals surface area contributed by atoms with Crippen LogP contribution in [0.15, 0.2) is 24.7 Å². The average Bonchev–Trinajstić information content (AvgIpc) is 3.13. The van der Waals surface area contributed by atoms with Crippen LogP contribution in [0, 0.1) is 24.5 Å². The predicted molar refractivity (Wildman–Crippen MR) is 99.5 cm³/mol. The van der Waals surface area contributed by atoms with Gasteiger partial charge in [-0.05, 0) is 13.0 Å². The molecule has 1 saturated heterocycles. The van der Waals surface area contributed by atoms with Crippen LogP contribution >= 0.6 is 0 Å². The summed E-state index contributed by atoms with van der Waals surface area (Å²) >= 11 is 0. The second-order valence-electron chi connectivity index (χ2n) is 7.11. The lowest BCUT2D eigenvalue weighted by Crippen LogP contribution is -2.27. The van der Waals surface area contributed by atoms with E-state index < -0.39 is 11.6 Å². The Labute approximate surface area is 160 Å². The molecule has 0 aliphatic carbocycles. The fourth-order valence-corrected chi connectivity index (χ4v) is 3.82. The minimum Gasteiger partial charge on any atom is -0.369 e. The smallest absolute Gasteiger partial charge is 0.223 e. The number of hydrogen-bond acceptors (Lipinski definition) is 5. The highest BCUT2D eigenvalue weighted by molar-refractivity contribution is 5.89. The summed E-state index contributed by atoms with van der Waals surface area (Å²) in [5, 5.41) is 7.89. The van der Waals surface area contributed by atoms with Gasteiger partial charge in [-0.1, -0.05) is 0 Å². The Balaban J connectivity index is 1.62. The van der Waals surface area contributed by atoms with Crippen molar-refractivity contribution in [3.05, 3.63) is 47.5 Å². The molecule has 3 heterocycles. The number of rotatable bonds is 4. The number of nitrogens with zero attached hydrogens (tertiary/aromatic N) is 5. The number of aromatic nitrogens is 4. The number of benzene rings is 1. The van der Waals surface area contributed by atoms with Crippen molar-refractivity contribution in [3.8, 4) is 0 Å². The van der Waals surface area contributed by atoms with Crippen LogP contribution in [0.3, 0.4) is 0 Å². The number of likely N-dealkylation sites (tertiary alicyclic amines) is 1. The van der Waals surface area contributed by atoms with E-state index in [4.69, 9.17) is 0 Å². The van der Waals surface area contributed by atoms with Gasteiger partial charge in [0.25, 0.3) is 0 Å². The third kappa shape index (κ3) is 2.96. The van der Waals surface area contributed by atoms with Gasteiger partial charge in [-0.3, -0.25) is 9.48 Å². The van der Waals surface area contributed by atoms with Crippen LogP contribution in [-0.2, 0) is 11.8 Å². The van der Waals surface area contributed by atoms with Crippen LogP contribution < -0.4 is 5.32 Å². The first kappa shape index (κ1) is 18.3. The van der Waals surface area contributed by atoms with E-state index >= 15 is 0 Å². The highest BCUT2D eigenvalue weighted by atomic mass is 19.2. The first-order valence-electron chi connectivity index (χ1n) is 8.94. The van der Waals surface area contributed by atoms with Crippen LogP contribution in [-0.4, -0.2) is 44.1 Å². The molecule has 9 heteroatoms. The lowest BCUT2D eigenvalue weighted by Gasteiger charge is -2.25. The van der Waals surface area contributed by atoms with Gasteiger partial charge in [0.05, 0.1) is 17.8 Å². The number of halogens is 2. The summed E-state index contributed by atoms with van der Waals surface area (Å²) in [7, 11) is 3.65. The number of anilines is 1. The van der Waals surface area contributed by atoms with Gasteiger partial charge in [0.2, 0.25) is 5.91 Å². The molecule has 2 atom stereocenters. The minimum atomic E-state index is -0.954. The highest BCUT2D eigenvalue weighted by Gasteiger charge is 2.39. The molecule has 1 aliphatic heterocycles. The van der Waals surface area contributed by atoms with E-state index in [0.717, 1.165) is 23.4 Å². The van der Waals surface area contributed by atoms with E-state index in [9.17, 15) is 13.6 Å². The Bertz CT molecular complexity index is 1070. The lowest BCUT2D eigenvalue weighted by molar-refractivity contribution is -0.127. The molecule has 7 nitrogen and oxygen atoms in total. The Hall–Kier alpha value is -3.10. The van der Waals surface area contributed by atoms with Gasteiger partial charge in [0.15, 0.2) is 11.6 Å². The zero-order chi connectivity index (χ0) is 20.0. The summed E-state index contributed by atoms with van der Waals surface area (Å²) in [6.45, 7) is 2.42. The van der Waals surface area contributed by atoms with E-state index in [-0.39, 0.29) is 17.9 Å². The monoisotopic (exact) mass is 386 g/mol. The van der Waals surface area contributed by atoms with E-state index in [2.05, 4.69) is 20.4 Å². The van der Waals surface area contributed by atoms with Crippen molar-refractivity contribution < 1.29 is 13.6 Å². The number of fused-ring (bicyclic) bond motifs is 1. The number of hydrogen-bond donors (Lipinski definition) is 1. The standard InChI is InChI=1S/C19H20F2N6O/c1-10-13(8-25-27(10)3)18-11(4-17(28)26(18)2)7-22-19-12-5-14(20)15(21)6-16(12)23-9-24-19/h5-6,8-9,11,18H,4,7H2,1-3H3,(H,22,23,24)/t11-,18+/m0/s1. The van der Waals surface area contributed by atoms with E-state index in [1.165, 1.54) is 6.33 Å². The second kappa shape index (κ2) is 6.81. The summed E-state index contributed by atoms with van der Waals surface area (Å²) in [6, 6.07) is 2.02. The molecule has 0 unspecified atom stereocenters. The molecule has 146 valence electrons. The molecular formula is C19H20F2N6O. The maximum atomic E-state index is 13.7. The molecule has 1 aliphatic rings. The molecule has 1 amide bonds. The fraction of sp³-hybridized carbons (Fsp3) is 0.368. The normalized spacial score (nSPS) is 19.6. The molecule has 0 bridgehead atoms. The summed E-state index contributed by atoms with van der Waals surface area (Å²) in [5.74, 6) is -1.46. The topological polar surface area (TPSA) is 75.9 Å². The lowest BCUT2D eigenvalue weighted by atomic mass is 9.94. The molecular weight excluding hydrogens is 366 g/mol. The average molecular weight is 386 g/mol. The molecule has 4 rings (SSSR count). The summed E-state index contributed by atoms with van der Waals surface area (Å²) in [6.07, 6.45) is 3.48. The largest absolute Gasteiger partial charge is 0.369 e. The first-order valence-corrected chi connectivity index (χ1v) is 8.94. The van der Waals surface area contributed by atoms with Crippen LogP contribution in [0.4, 0.5) is 14.6 Å². The third-order valence-corrected chi connectivity index (χ3v) is 5.49. The Morgan fingerprint density at radius 2 is 1.96 bits per heavy atom. The number of carbonyl (C=O) groups excluding carboxylic acids is 1. The molecule has 1 fully saturated rings. The van der Waals surface area contributed by atoms with Crippen molar-refractivity contribution >= 4 is 22.6 Å². The van der Waals surface area contributed by atoms with Gasteiger partial charge < -0.3 is 10.2 Å². The van der Waals surface area contributed by atoms with Crippen molar-refractivity contribution in [1.82, 2.24) is 24.6 Å². The first-order chi connectivity index (χ1) is 13.4. The molecule has 3 aromatic rings. The van der Waals surface area contributed by atoms with Gasteiger partial charge in [0.1, 0.15) is 12.1 Å². The summed E-state index contributed by atoms with van der Waals surface area (Å²) in [5.41, 5.74) is 2.32. The molecule has 0 spiro atoms. The second-order valence-corrected chi connectivity index (χ2v) is 7.11. The minimum absolute atomic E-state index is 0.0179. The number of nitrogens with one attached hydrogen (secondary N) is 1. The summed E-state index contributed by atoms with van der Waals surface area (Å²) in [4.78, 5) is 22.2. The Kier molecular flexibility index (Phi) is 4.44. The quantitative estimate of drug-likeness (QED) is 0.746. The molecule has 1 aromatic carbocycles. The van der Waals surface area contributed by atoms with Crippen LogP contribution in [0.2, 0.25) is 0 Å². The number of aryl methyl sites for hydroxylation is 1. The van der Waals surface area contributed by atoms with Crippen LogP contribution in [0.5, 0.6) is 0 Å². The molecule has 2 aromatic heterocycles. The molecule has 28 heavy (non-hydrogen) atoms. The van der Waals surface area contributed by atoms with Crippen molar-refractivity contribution in [1.29, 1.82) is 0 Å².